The van der Waals surface area contributed by atoms with Crippen molar-refractivity contribution in [3.63, 3.8) is 0 Å². The zero-order chi connectivity index (χ0) is 17.3. The van der Waals surface area contributed by atoms with E-state index in [9.17, 15) is 26.4 Å². The van der Waals surface area contributed by atoms with Gasteiger partial charge in [-0.2, -0.15) is 13.2 Å². The van der Waals surface area contributed by atoms with Crippen molar-refractivity contribution in [2.75, 3.05) is 5.32 Å². The predicted octanol–water partition coefficient (Wildman–Crippen LogP) is 2.64. The van der Waals surface area contributed by atoms with Gasteiger partial charge < -0.3 is 5.32 Å². The number of alkyl halides is 3. The number of sulfone groups is 1. The molecule has 1 aromatic rings. The van der Waals surface area contributed by atoms with Gasteiger partial charge >= 0.3 is 6.18 Å². The lowest BCUT2D eigenvalue weighted by molar-refractivity contribution is -0.141. The predicted molar refractivity (Wildman–Crippen MR) is 76.0 cm³/mol. The van der Waals surface area contributed by atoms with E-state index in [2.05, 4.69) is 10.3 Å². The van der Waals surface area contributed by atoms with Gasteiger partial charge in [0.2, 0.25) is 5.91 Å². The van der Waals surface area contributed by atoms with Crippen LogP contribution in [0.2, 0.25) is 0 Å². The number of pyridine rings is 1. The monoisotopic (exact) mass is 338 g/mol. The largest absolute Gasteiger partial charge is 0.433 e. The van der Waals surface area contributed by atoms with Crippen molar-refractivity contribution in [3.05, 3.63) is 23.9 Å². The number of carbonyl (C=O) groups excluding carboxylic acids is 1. The molecule has 0 spiro atoms. The molecule has 0 saturated heterocycles. The molecule has 0 saturated carbocycles. The van der Waals surface area contributed by atoms with Crippen LogP contribution in [0.4, 0.5) is 19.0 Å². The quantitative estimate of drug-likeness (QED) is 0.916. The summed E-state index contributed by atoms with van der Waals surface area (Å²) < 4.78 is 60.2. The van der Waals surface area contributed by atoms with Gasteiger partial charge in [0.1, 0.15) is 16.3 Å². The molecular weight excluding hydrogens is 321 g/mol. The fourth-order valence-electron chi connectivity index (χ4n) is 1.65. The lowest BCUT2D eigenvalue weighted by atomic mass is 10.2. The number of nitrogens with zero attached hydrogens (tertiary/aromatic N) is 1. The third-order valence-corrected chi connectivity index (χ3v) is 6.01. The van der Waals surface area contributed by atoms with Crippen LogP contribution in [0.3, 0.4) is 0 Å². The van der Waals surface area contributed by atoms with E-state index in [0.29, 0.717) is 0 Å². The molecule has 0 aliphatic rings. The maximum Gasteiger partial charge on any atom is 0.433 e. The number of amides is 1. The summed E-state index contributed by atoms with van der Waals surface area (Å²) in [5, 5.41) is 1.32. The molecule has 1 rings (SSSR count). The second-order valence-electron chi connectivity index (χ2n) is 5.46. The van der Waals surface area contributed by atoms with E-state index in [1.54, 1.807) is 0 Å². The Balaban J connectivity index is 3.08. The zero-order valence-corrected chi connectivity index (χ0v) is 13.3. The van der Waals surface area contributed by atoms with E-state index in [1.807, 2.05) is 0 Å². The molecule has 0 aliphatic heterocycles. The summed E-state index contributed by atoms with van der Waals surface area (Å²) in [5.74, 6) is -1.29. The molecule has 0 unspecified atom stereocenters. The van der Waals surface area contributed by atoms with E-state index >= 15 is 0 Å². The Bertz CT molecular complexity index is 667. The van der Waals surface area contributed by atoms with Crippen molar-refractivity contribution in [2.45, 2.75) is 43.9 Å². The van der Waals surface area contributed by atoms with Gasteiger partial charge in [0.05, 0.1) is 5.25 Å². The topological polar surface area (TPSA) is 76.1 Å². The minimum absolute atomic E-state index is 0.355. The smallest absolute Gasteiger partial charge is 0.309 e. The van der Waals surface area contributed by atoms with E-state index in [4.69, 9.17) is 0 Å². The van der Waals surface area contributed by atoms with Crippen molar-refractivity contribution < 1.29 is 26.4 Å². The zero-order valence-electron chi connectivity index (χ0n) is 12.5. The molecular formula is C13H17F3N2O3S. The van der Waals surface area contributed by atoms with Crippen molar-refractivity contribution in [1.29, 1.82) is 0 Å². The summed E-state index contributed by atoms with van der Waals surface area (Å²) in [7, 11) is -3.80. The number of aromatic nitrogens is 1. The van der Waals surface area contributed by atoms with Gasteiger partial charge in [0, 0.05) is 0 Å². The van der Waals surface area contributed by atoms with E-state index in [1.165, 1.54) is 27.7 Å². The molecule has 0 bridgehead atoms. The lowest BCUT2D eigenvalue weighted by Crippen LogP contribution is -2.47. The number of anilines is 1. The molecule has 22 heavy (non-hydrogen) atoms. The summed E-state index contributed by atoms with van der Waals surface area (Å²) in [4.78, 5) is 15.4. The van der Waals surface area contributed by atoms with Crippen LogP contribution in [-0.2, 0) is 20.8 Å². The lowest BCUT2D eigenvalue weighted by Gasteiger charge is -2.25. The minimum Gasteiger partial charge on any atom is -0.309 e. The summed E-state index contributed by atoms with van der Waals surface area (Å²) >= 11 is 0. The number of halogens is 3. The molecule has 124 valence electrons. The fourth-order valence-corrected chi connectivity index (χ4v) is 3.14. The first-order valence-electron chi connectivity index (χ1n) is 6.39. The van der Waals surface area contributed by atoms with Crippen molar-refractivity contribution in [2.24, 2.45) is 0 Å². The Morgan fingerprint density at radius 1 is 1.23 bits per heavy atom. The van der Waals surface area contributed by atoms with Gasteiger partial charge in [-0.05, 0) is 39.8 Å². The molecule has 5 nitrogen and oxygen atoms in total. The molecule has 0 atom stereocenters. The number of rotatable bonds is 4. The maximum absolute atomic E-state index is 12.6. The van der Waals surface area contributed by atoms with Crippen LogP contribution in [0.15, 0.2) is 18.2 Å². The van der Waals surface area contributed by atoms with Crippen LogP contribution in [0.25, 0.3) is 0 Å². The highest BCUT2D eigenvalue weighted by Crippen LogP contribution is 2.29. The van der Waals surface area contributed by atoms with Gasteiger partial charge in [-0.1, -0.05) is 6.07 Å². The highest BCUT2D eigenvalue weighted by Gasteiger charge is 2.43. The van der Waals surface area contributed by atoms with Crippen LogP contribution in [0, 0.1) is 0 Å². The second kappa shape index (κ2) is 5.86. The summed E-state index contributed by atoms with van der Waals surface area (Å²) in [5.41, 5.74) is -1.17. The Morgan fingerprint density at radius 3 is 2.23 bits per heavy atom. The number of nitrogens with one attached hydrogen (secondary N) is 1. The van der Waals surface area contributed by atoms with E-state index < -0.39 is 37.6 Å². The Kier molecular flexibility index (Phi) is 4.91. The first-order valence-corrected chi connectivity index (χ1v) is 7.94. The molecule has 1 heterocycles. The van der Waals surface area contributed by atoms with Crippen molar-refractivity contribution >= 4 is 21.6 Å². The van der Waals surface area contributed by atoms with Gasteiger partial charge in [-0.3, -0.25) is 4.79 Å². The summed E-state index contributed by atoms with van der Waals surface area (Å²) in [6, 6.07) is 2.99. The molecule has 0 radical (unpaired) electrons. The number of hydrogen-bond acceptors (Lipinski definition) is 4. The third-order valence-electron chi connectivity index (χ3n) is 3.16. The highest BCUT2D eigenvalue weighted by molar-refractivity contribution is 7.94. The average Bonchev–Trinajstić information content (AvgIpc) is 2.37. The van der Waals surface area contributed by atoms with Crippen LogP contribution in [0.1, 0.15) is 33.4 Å². The Labute approximate surface area is 126 Å². The molecule has 1 N–H and O–H groups in total. The number of hydrogen-bond donors (Lipinski definition) is 1. The fraction of sp³-hybridized carbons (Fsp3) is 0.538. The van der Waals surface area contributed by atoms with Gasteiger partial charge in [-0.25, -0.2) is 13.4 Å². The standard InChI is InChI=1S/C13H17F3N2O3S/c1-8(2)22(20,21)12(3,4)11(19)18-10-7-5-6-9(17-10)13(14,15)16/h5-8H,1-4H3,(H,17,18,19). The van der Waals surface area contributed by atoms with Gasteiger partial charge in [-0.15, -0.1) is 0 Å². The normalized spacial score (nSPS) is 13.3. The number of carbonyl (C=O) groups is 1. The second-order valence-corrected chi connectivity index (χ2v) is 8.52. The Morgan fingerprint density at radius 2 is 1.77 bits per heavy atom. The van der Waals surface area contributed by atoms with Crippen LogP contribution in [0.5, 0.6) is 0 Å². The third kappa shape index (κ3) is 3.57. The van der Waals surface area contributed by atoms with E-state index in [-0.39, 0.29) is 5.82 Å². The maximum atomic E-state index is 12.6. The molecule has 0 aromatic carbocycles. The first kappa shape index (κ1) is 18.4. The van der Waals surface area contributed by atoms with Crippen LogP contribution >= 0.6 is 0 Å². The van der Waals surface area contributed by atoms with Gasteiger partial charge in [0.15, 0.2) is 9.84 Å². The van der Waals surface area contributed by atoms with Crippen LogP contribution in [-0.4, -0.2) is 29.3 Å². The van der Waals surface area contributed by atoms with Crippen LogP contribution < -0.4 is 5.32 Å². The van der Waals surface area contributed by atoms with Crippen molar-refractivity contribution in [1.82, 2.24) is 4.98 Å². The van der Waals surface area contributed by atoms with Crippen molar-refractivity contribution in [3.8, 4) is 0 Å². The molecule has 0 fully saturated rings. The average molecular weight is 338 g/mol. The first-order chi connectivity index (χ1) is 9.80. The van der Waals surface area contributed by atoms with E-state index in [0.717, 1.165) is 18.2 Å². The summed E-state index contributed by atoms with van der Waals surface area (Å²) in [6.45, 7) is 5.25. The highest BCUT2D eigenvalue weighted by atomic mass is 32.2. The Hall–Kier alpha value is -1.64. The molecule has 1 aromatic heterocycles. The SMILES string of the molecule is CC(C)S(=O)(=O)C(C)(C)C(=O)Nc1cccc(C(F)(F)F)n1. The molecule has 1 amide bonds. The minimum atomic E-state index is -4.65. The molecule has 9 heteroatoms. The summed E-state index contributed by atoms with van der Waals surface area (Å²) in [6.07, 6.45) is -4.65. The van der Waals surface area contributed by atoms with Gasteiger partial charge in [0.25, 0.3) is 0 Å². The molecule has 0 aliphatic carbocycles.